The van der Waals surface area contributed by atoms with Crippen LogP contribution in [0.5, 0.6) is 0 Å². The Hall–Kier alpha value is -3.09. The lowest BCUT2D eigenvalue weighted by Crippen LogP contribution is -2.13. The van der Waals surface area contributed by atoms with Crippen molar-refractivity contribution in [1.82, 2.24) is 9.97 Å². The van der Waals surface area contributed by atoms with Gasteiger partial charge < -0.3 is 10.6 Å². The third-order valence-corrected chi connectivity index (χ3v) is 4.94. The third-order valence-electron chi connectivity index (χ3n) is 4.94. The first kappa shape index (κ1) is 22.6. The summed E-state index contributed by atoms with van der Waals surface area (Å²) in [6.07, 6.45) is 1.40. The van der Waals surface area contributed by atoms with Crippen LogP contribution in [0.4, 0.5) is 36.3 Å². The number of rotatable bonds is 9. The second-order valence-corrected chi connectivity index (χ2v) is 7.54. The maximum Gasteiger partial charge on any atom is 0.421 e. The van der Waals surface area contributed by atoms with E-state index in [0.717, 1.165) is 49.4 Å². The minimum Gasteiger partial charge on any atom is -0.339 e. The zero-order chi connectivity index (χ0) is 22.3. The van der Waals surface area contributed by atoms with E-state index in [-0.39, 0.29) is 11.8 Å². The van der Waals surface area contributed by atoms with Gasteiger partial charge in [0.25, 0.3) is 0 Å². The Morgan fingerprint density at radius 1 is 0.935 bits per heavy atom. The number of hydrogen-bond acceptors (Lipinski definition) is 4. The van der Waals surface area contributed by atoms with Crippen molar-refractivity contribution in [3.63, 3.8) is 0 Å². The molecule has 0 unspecified atom stereocenters. The van der Waals surface area contributed by atoms with E-state index >= 15 is 0 Å². The number of aromatic nitrogens is 2. The van der Waals surface area contributed by atoms with Crippen LogP contribution in [0.15, 0.2) is 54.7 Å². The van der Waals surface area contributed by atoms with Crippen molar-refractivity contribution >= 4 is 23.1 Å². The van der Waals surface area contributed by atoms with Gasteiger partial charge in [-0.25, -0.2) is 4.98 Å². The van der Waals surface area contributed by atoms with Gasteiger partial charge in [-0.2, -0.15) is 18.2 Å². The van der Waals surface area contributed by atoms with Gasteiger partial charge in [-0.3, -0.25) is 0 Å². The van der Waals surface area contributed by atoms with Crippen molar-refractivity contribution in [2.75, 3.05) is 10.6 Å². The van der Waals surface area contributed by atoms with Gasteiger partial charge in [-0.05, 0) is 49.1 Å². The van der Waals surface area contributed by atoms with E-state index < -0.39 is 11.7 Å². The van der Waals surface area contributed by atoms with Gasteiger partial charge in [0, 0.05) is 17.6 Å². The fourth-order valence-electron chi connectivity index (χ4n) is 3.33. The molecule has 0 aliphatic heterocycles. The summed E-state index contributed by atoms with van der Waals surface area (Å²) in [5.41, 5.74) is 2.43. The van der Waals surface area contributed by atoms with Gasteiger partial charge in [0.05, 0.1) is 0 Å². The Bertz CT molecular complexity index is 1000. The Morgan fingerprint density at radius 3 is 2.48 bits per heavy atom. The Morgan fingerprint density at radius 2 is 1.74 bits per heavy atom. The zero-order valence-electron chi connectivity index (χ0n) is 17.8. The third kappa shape index (κ3) is 6.44. The lowest BCUT2D eigenvalue weighted by atomic mass is 10.0. The summed E-state index contributed by atoms with van der Waals surface area (Å²) >= 11 is 0. The summed E-state index contributed by atoms with van der Waals surface area (Å²) in [5.74, 6) is -0.166. The fourth-order valence-corrected chi connectivity index (χ4v) is 3.33. The molecule has 0 radical (unpaired) electrons. The van der Waals surface area contributed by atoms with Crippen LogP contribution in [0.25, 0.3) is 0 Å². The molecule has 31 heavy (non-hydrogen) atoms. The molecule has 3 rings (SSSR count). The maximum absolute atomic E-state index is 13.6. The second-order valence-electron chi connectivity index (χ2n) is 7.54. The van der Waals surface area contributed by atoms with Crippen LogP contribution in [-0.2, 0) is 12.6 Å². The molecule has 0 amide bonds. The monoisotopic (exact) mass is 428 g/mol. The first-order valence-electron chi connectivity index (χ1n) is 10.5. The highest BCUT2D eigenvalue weighted by atomic mass is 19.4. The summed E-state index contributed by atoms with van der Waals surface area (Å²) in [4.78, 5) is 8.04. The molecule has 0 atom stereocenters. The molecule has 0 saturated carbocycles. The maximum atomic E-state index is 13.6. The molecule has 0 spiro atoms. The van der Waals surface area contributed by atoms with E-state index in [0.29, 0.717) is 11.4 Å². The molecule has 7 heteroatoms. The predicted octanol–water partition coefficient (Wildman–Crippen LogP) is 7.41. The topological polar surface area (TPSA) is 49.8 Å². The molecule has 1 heterocycles. The normalized spacial score (nSPS) is 11.4. The molecule has 2 N–H and O–H groups in total. The van der Waals surface area contributed by atoms with Crippen LogP contribution >= 0.6 is 0 Å². The minimum atomic E-state index is -4.57. The number of alkyl halides is 3. The average molecular weight is 429 g/mol. The van der Waals surface area contributed by atoms with Crippen LogP contribution in [-0.4, -0.2) is 9.97 Å². The van der Waals surface area contributed by atoms with Crippen LogP contribution in [0.2, 0.25) is 0 Å². The van der Waals surface area contributed by atoms with Gasteiger partial charge in [-0.15, -0.1) is 0 Å². The summed E-state index contributed by atoms with van der Waals surface area (Å²) in [6, 6.07) is 14.9. The van der Waals surface area contributed by atoms with Crippen molar-refractivity contribution in [2.45, 2.75) is 52.1 Å². The summed E-state index contributed by atoms with van der Waals surface area (Å²) in [6.45, 7) is 4.08. The Labute approximate surface area is 181 Å². The van der Waals surface area contributed by atoms with E-state index in [4.69, 9.17) is 0 Å². The highest BCUT2D eigenvalue weighted by Crippen LogP contribution is 2.36. The van der Waals surface area contributed by atoms with E-state index in [9.17, 15) is 13.2 Å². The van der Waals surface area contributed by atoms with Crippen LogP contribution < -0.4 is 10.6 Å². The highest BCUT2D eigenvalue weighted by molar-refractivity contribution is 5.65. The minimum absolute atomic E-state index is 0.0986. The quantitative estimate of drug-likeness (QED) is 0.348. The predicted molar refractivity (Wildman–Crippen MR) is 119 cm³/mol. The molecule has 0 saturated heterocycles. The summed E-state index contributed by atoms with van der Waals surface area (Å²) in [7, 11) is 0. The van der Waals surface area contributed by atoms with E-state index in [2.05, 4.69) is 27.5 Å². The first-order chi connectivity index (χ1) is 14.9. The second kappa shape index (κ2) is 10.3. The summed E-state index contributed by atoms with van der Waals surface area (Å²) < 4.78 is 40.8. The van der Waals surface area contributed by atoms with Gasteiger partial charge >= 0.3 is 6.18 Å². The lowest BCUT2D eigenvalue weighted by molar-refractivity contribution is -0.137. The molecule has 0 fully saturated rings. The van der Waals surface area contributed by atoms with Crippen molar-refractivity contribution in [3.8, 4) is 0 Å². The van der Waals surface area contributed by atoms with Gasteiger partial charge in [0.2, 0.25) is 5.95 Å². The molecule has 1 aromatic heterocycles. The number of nitrogens with zero attached hydrogens (tertiary/aromatic N) is 2. The van der Waals surface area contributed by atoms with Crippen molar-refractivity contribution < 1.29 is 13.2 Å². The fraction of sp³-hybridized carbons (Fsp3) is 0.333. The standard InChI is InChI=1S/C24H27F3N4/c1-3-4-5-6-11-18-12-7-8-14-21(18)30-22-20(24(25,26)27)16-28-23(31-22)29-19-13-9-10-17(2)15-19/h7-10,12-16H,3-6,11H2,1-2H3,(H2,28,29,30,31). The SMILES string of the molecule is CCCCCCc1ccccc1Nc1nc(Nc2cccc(C)c2)ncc1C(F)(F)F. The van der Waals surface area contributed by atoms with E-state index in [1.807, 2.05) is 43.3 Å². The molecular weight excluding hydrogens is 401 g/mol. The number of para-hydroxylation sites is 1. The first-order valence-corrected chi connectivity index (χ1v) is 10.5. The van der Waals surface area contributed by atoms with Gasteiger partial charge in [0.1, 0.15) is 11.4 Å². The van der Waals surface area contributed by atoms with E-state index in [1.165, 1.54) is 0 Å². The van der Waals surface area contributed by atoms with Crippen molar-refractivity contribution in [3.05, 3.63) is 71.4 Å². The van der Waals surface area contributed by atoms with Crippen LogP contribution in [0, 0.1) is 6.92 Å². The van der Waals surface area contributed by atoms with E-state index in [1.54, 1.807) is 12.1 Å². The number of aryl methyl sites for hydroxylation is 2. The highest BCUT2D eigenvalue weighted by Gasteiger charge is 2.35. The number of unbranched alkanes of at least 4 members (excludes halogenated alkanes) is 3. The van der Waals surface area contributed by atoms with Gasteiger partial charge in [0.15, 0.2) is 0 Å². The Kier molecular flexibility index (Phi) is 7.50. The smallest absolute Gasteiger partial charge is 0.339 e. The molecule has 0 aliphatic carbocycles. The largest absolute Gasteiger partial charge is 0.421 e. The summed E-state index contributed by atoms with van der Waals surface area (Å²) in [5, 5.41) is 5.90. The van der Waals surface area contributed by atoms with Crippen LogP contribution in [0.1, 0.15) is 49.3 Å². The number of halogens is 3. The molecule has 0 aliphatic rings. The molecule has 164 valence electrons. The average Bonchev–Trinajstić information content (AvgIpc) is 2.72. The van der Waals surface area contributed by atoms with Crippen LogP contribution in [0.3, 0.4) is 0 Å². The van der Waals surface area contributed by atoms with Crippen molar-refractivity contribution in [2.24, 2.45) is 0 Å². The number of hydrogen-bond donors (Lipinski definition) is 2. The number of nitrogens with one attached hydrogen (secondary N) is 2. The molecular formula is C24H27F3N4. The molecule has 0 bridgehead atoms. The number of benzene rings is 2. The van der Waals surface area contributed by atoms with Crippen molar-refractivity contribution in [1.29, 1.82) is 0 Å². The number of anilines is 4. The molecule has 3 aromatic rings. The molecule has 4 nitrogen and oxygen atoms in total. The zero-order valence-corrected chi connectivity index (χ0v) is 17.8. The Balaban J connectivity index is 1.88. The lowest BCUT2D eigenvalue weighted by Gasteiger charge is -2.17. The molecule has 2 aromatic carbocycles. The van der Waals surface area contributed by atoms with Gasteiger partial charge in [-0.1, -0.05) is 56.5 Å².